The first-order valence-corrected chi connectivity index (χ1v) is 8.14. The van der Waals surface area contributed by atoms with Crippen molar-refractivity contribution in [2.75, 3.05) is 40.3 Å². The lowest BCUT2D eigenvalue weighted by Gasteiger charge is -2.33. The van der Waals surface area contributed by atoms with E-state index in [1.54, 1.807) is 11.3 Å². The van der Waals surface area contributed by atoms with E-state index in [4.69, 9.17) is 4.74 Å². The van der Waals surface area contributed by atoms with Crippen molar-refractivity contribution in [2.45, 2.75) is 25.4 Å². The Morgan fingerprint density at radius 1 is 1.55 bits per heavy atom. The molecule has 0 bridgehead atoms. The van der Waals surface area contributed by atoms with Gasteiger partial charge in [-0.1, -0.05) is 0 Å². The lowest BCUT2D eigenvalue weighted by molar-refractivity contribution is -0.139. The van der Waals surface area contributed by atoms with E-state index in [0.717, 1.165) is 32.5 Å². The van der Waals surface area contributed by atoms with Crippen LogP contribution >= 0.6 is 11.3 Å². The standard InChI is InChI=1S/C15H24N2O2S/c1-16(2)7-5-14-11-17(8-9-19-14)15(18)4-3-13-6-10-20-12-13/h6,10,12,14H,3-5,7-9,11H2,1-2H3/t14-/m0/s1. The molecule has 1 aromatic heterocycles. The number of nitrogens with zero attached hydrogens (tertiary/aromatic N) is 2. The highest BCUT2D eigenvalue weighted by atomic mass is 32.1. The van der Waals surface area contributed by atoms with Gasteiger partial charge < -0.3 is 14.5 Å². The first kappa shape index (κ1) is 15.5. The number of hydrogen-bond acceptors (Lipinski definition) is 4. The number of amides is 1. The van der Waals surface area contributed by atoms with Crippen LogP contribution in [-0.2, 0) is 16.0 Å². The molecule has 112 valence electrons. The number of aryl methyl sites for hydroxylation is 1. The zero-order valence-corrected chi connectivity index (χ0v) is 13.2. The molecule has 1 aliphatic heterocycles. The molecule has 5 heteroatoms. The fourth-order valence-corrected chi connectivity index (χ4v) is 3.07. The number of carbonyl (C=O) groups excluding carboxylic acids is 1. The van der Waals surface area contributed by atoms with Crippen molar-refractivity contribution in [3.8, 4) is 0 Å². The quantitative estimate of drug-likeness (QED) is 0.803. The summed E-state index contributed by atoms with van der Waals surface area (Å²) in [5, 5.41) is 4.18. The van der Waals surface area contributed by atoms with Gasteiger partial charge in [0.2, 0.25) is 5.91 Å². The first-order chi connectivity index (χ1) is 9.65. The molecule has 1 atom stereocenters. The van der Waals surface area contributed by atoms with Gasteiger partial charge in [-0.2, -0.15) is 11.3 Å². The van der Waals surface area contributed by atoms with Gasteiger partial charge in [0.05, 0.1) is 12.7 Å². The summed E-state index contributed by atoms with van der Waals surface area (Å²) < 4.78 is 5.74. The SMILES string of the molecule is CN(C)CC[C@H]1CN(C(=O)CCc2ccsc2)CCO1. The monoisotopic (exact) mass is 296 g/mol. The Kier molecular flexibility index (Phi) is 6.01. The van der Waals surface area contributed by atoms with Crippen molar-refractivity contribution in [1.29, 1.82) is 0 Å². The van der Waals surface area contributed by atoms with Gasteiger partial charge in [-0.15, -0.1) is 0 Å². The van der Waals surface area contributed by atoms with Gasteiger partial charge in [0.25, 0.3) is 0 Å². The Morgan fingerprint density at radius 3 is 3.10 bits per heavy atom. The second-order valence-corrected chi connectivity index (χ2v) is 6.34. The van der Waals surface area contributed by atoms with Gasteiger partial charge >= 0.3 is 0 Å². The van der Waals surface area contributed by atoms with Gasteiger partial charge in [-0.05, 0) is 49.3 Å². The third-order valence-electron chi connectivity index (χ3n) is 3.60. The Hall–Kier alpha value is -0.910. The van der Waals surface area contributed by atoms with E-state index in [1.165, 1.54) is 5.56 Å². The van der Waals surface area contributed by atoms with Gasteiger partial charge in [0.1, 0.15) is 0 Å². The summed E-state index contributed by atoms with van der Waals surface area (Å²) in [6.45, 7) is 3.15. The molecule has 4 nitrogen and oxygen atoms in total. The molecule has 20 heavy (non-hydrogen) atoms. The summed E-state index contributed by atoms with van der Waals surface area (Å²) in [6.07, 6.45) is 2.64. The van der Waals surface area contributed by atoms with Gasteiger partial charge in [-0.3, -0.25) is 4.79 Å². The molecular weight excluding hydrogens is 272 g/mol. The van der Waals surface area contributed by atoms with Crippen LogP contribution in [0.1, 0.15) is 18.4 Å². The molecule has 0 radical (unpaired) electrons. The Bertz CT molecular complexity index is 406. The van der Waals surface area contributed by atoms with Gasteiger partial charge in [-0.25, -0.2) is 0 Å². The fourth-order valence-electron chi connectivity index (χ4n) is 2.37. The van der Waals surface area contributed by atoms with Gasteiger partial charge in [0, 0.05) is 26.1 Å². The number of carbonyl (C=O) groups is 1. The predicted octanol–water partition coefficient (Wildman–Crippen LogP) is 1.86. The number of morpholine rings is 1. The van der Waals surface area contributed by atoms with Crippen LogP contribution in [0.15, 0.2) is 16.8 Å². The summed E-state index contributed by atoms with van der Waals surface area (Å²) in [5.41, 5.74) is 1.26. The molecule has 0 unspecified atom stereocenters. The summed E-state index contributed by atoms with van der Waals surface area (Å²) in [5.74, 6) is 0.259. The summed E-state index contributed by atoms with van der Waals surface area (Å²) in [6, 6.07) is 2.09. The fraction of sp³-hybridized carbons (Fsp3) is 0.667. The highest BCUT2D eigenvalue weighted by Crippen LogP contribution is 2.13. The molecule has 0 aromatic carbocycles. The van der Waals surface area contributed by atoms with Crippen LogP contribution in [0.5, 0.6) is 0 Å². The molecule has 0 aliphatic carbocycles. The molecule has 0 N–H and O–H groups in total. The van der Waals surface area contributed by atoms with Crippen LogP contribution in [0.4, 0.5) is 0 Å². The van der Waals surface area contributed by atoms with Crippen LogP contribution in [0.2, 0.25) is 0 Å². The number of ether oxygens (including phenoxy) is 1. The first-order valence-electron chi connectivity index (χ1n) is 7.20. The molecule has 1 saturated heterocycles. The highest BCUT2D eigenvalue weighted by Gasteiger charge is 2.23. The van der Waals surface area contributed by atoms with Crippen LogP contribution < -0.4 is 0 Å². The summed E-state index contributed by atoms with van der Waals surface area (Å²) >= 11 is 1.69. The average molecular weight is 296 g/mol. The van der Waals surface area contributed by atoms with Crippen molar-refractivity contribution in [2.24, 2.45) is 0 Å². The zero-order chi connectivity index (χ0) is 14.4. The summed E-state index contributed by atoms with van der Waals surface area (Å²) in [4.78, 5) is 16.4. The van der Waals surface area contributed by atoms with E-state index in [9.17, 15) is 4.79 Å². The van der Waals surface area contributed by atoms with Crippen molar-refractivity contribution in [3.05, 3.63) is 22.4 Å². The van der Waals surface area contributed by atoms with Crippen LogP contribution in [0, 0.1) is 0 Å². The van der Waals surface area contributed by atoms with Crippen molar-refractivity contribution in [3.63, 3.8) is 0 Å². The molecule has 2 heterocycles. The lowest BCUT2D eigenvalue weighted by atomic mass is 10.1. The molecule has 1 amide bonds. The van der Waals surface area contributed by atoms with Crippen molar-refractivity contribution < 1.29 is 9.53 Å². The van der Waals surface area contributed by atoms with Crippen LogP contribution in [0.25, 0.3) is 0 Å². The number of thiophene rings is 1. The third-order valence-corrected chi connectivity index (χ3v) is 4.33. The highest BCUT2D eigenvalue weighted by molar-refractivity contribution is 7.07. The predicted molar refractivity (Wildman–Crippen MR) is 82.1 cm³/mol. The third kappa shape index (κ3) is 4.89. The van der Waals surface area contributed by atoms with Crippen LogP contribution in [-0.4, -0.2) is 62.1 Å². The van der Waals surface area contributed by atoms with E-state index in [2.05, 4.69) is 35.8 Å². The van der Waals surface area contributed by atoms with E-state index >= 15 is 0 Å². The number of hydrogen-bond donors (Lipinski definition) is 0. The van der Waals surface area contributed by atoms with E-state index < -0.39 is 0 Å². The largest absolute Gasteiger partial charge is 0.374 e. The Labute approximate surface area is 125 Å². The molecule has 0 spiro atoms. The maximum Gasteiger partial charge on any atom is 0.223 e. The molecule has 1 aliphatic rings. The average Bonchev–Trinajstić information content (AvgIpc) is 2.96. The maximum atomic E-state index is 12.2. The zero-order valence-electron chi connectivity index (χ0n) is 12.4. The summed E-state index contributed by atoms with van der Waals surface area (Å²) in [7, 11) is 4.12. The van der Waals surface area contributed by atoms with E-state index in [-0.39, 0.29) is 12.0 Å². The Morgan fingerprint density at radius 2 is 2.40 bits per heavy atom. The number of rotatable bonds is 6. The molecule has 1 aromatic rings. The second-order valence-electron chi connectivity index (χ2n) is 5.56. The minimum Gasteiger partial charge on any atom is -0.374 e. The Balaban J connectivity index is 1.74. The van der Waals surface area contributed by atoms with Crippen molar-refractivity contribution >= 4 is 17.2 Å². The van der Waals surface area contributed by atoms with Gasteiger partial charge in [0.15, 0.2) is 0 Å². The molecule has 2 rings (SSSR count). The van der Waals surface area contributed by atoms with Crippen molar-refractivity contribution in [1.82, 2.24) is 9.80 Å². The minimum absolute atomic E-state index is 0.191. The minimum atomic E-state index is 0.191. The molecule has 1 fully saturated rings. The smallest absolute Gasteiger partial charge is 0.223 e. The normalized spacial score (nSPS) is 19.6. The molecular formula is C15H24N2O2S. The van der Waals surface area contributed by atoms with E-state index in [1.807, 2.05) is 4.90 Å². The maximum absolute atomic E-state index is 12.2. The van der Waals surface area contributed by atoms with E-state index in [0.29, 0.717) is 13.0 Å². The second kappa shape index (κ2) is 7.76. The molecule has 0 saturated carbocycles. The topological polar surface area (TPSA) is 32.8 Å². The lowest BCUT2D eigenvalue weighted by Crippen LogP contribution is -2.46. The van der Waals surface area contributed by atoms with Crippen LogP contribution in [0.3, 0.4) is 0 Å².